The predicted octanol–water partition coefficient (Wildman–Crippen LogP) is 3.87. The summed E-state index contributed by atoms with van der Waals surface area (Å²) >= 11 is 0. The van der Waals surface area contributed by atoms with Crippen LogP contribution in [0.5, 0.6) is 0 Å². The van der Waals surface area contributed by atoms with Crippen molar-refractivity contribution in [2.45, 2.75) is 50.5 Å². The number of aromatic nitrogens is 2. The molecular formula is C34H41N5O4S. The van der Waals surface area contributed by atoms with Crippen LogP contribution in [0.3, 0.4) is 0 Å². The van der Waals surface area contributed by atoms with Gasteiger partial charge in [-0.3, -0.25) is 9.59 Å². The van der Waals surface area contributed by atoms with Crippen molar-refractivity contribution in [1.29, 1.82) is 0 Å². The van der Waals surface area contributed by atoms with Gasteiger partial charge in [0.1, 0.15) is 6.33 Å². The van der Waals surface area contributed by atoms with Gasteiger partial charge < -0.3 is 14.7 Å². The molecule has 10 heteroatoms. The number of aryl methyl sites for hydroxylation is 2. The summed E-state index contributed by atoms with van der Waals surface area (Å²) in [6, 6.07) is 17.4. The zero-order valence-corrected chi connectivity index (χ0v) is 26.6. The molecule has 3 aliphatic heterocycles. The summed E-state index contributed by atoms with van der Waals surface area (Å²) < 4.78 is 23.6. The van der Waals surface area contributed by atoms with Gasteiger partial charge in [-0.15, -0.1) is 0 Å². The van der Waals surface area contributed by atoms with E-state index in [1.165, 1.54) is 18.1 Å². The summed E-state index contributed by atoms with van der Waals surface area (Å²) in [4.78, 5) is 42.6. The van der Waals surface area contributed by atoms with Crippen LogP contribution in [0.15, 0.2) is 65.8 Å². The van der Waals surface area contributed by atoms with Crippen molar-refractivity contribution in [2.75, 3.05) is 45.5 Å². The van der Waals surface area contributed by atoms with Gasteiger partial charge in [0.15, 0.2) is 9.84 Å². The molecule has 2 atom stereocenters. The van der Waals surface area contributed by atoms with E-state index in [1.807, 2.05) is 41.8 Å². The molecule has 4 heterocycles. The van der Waals surface area contributed by atoms with Gasteiger partial charge in [0.2, 0.25) is 5.91 Å². The normalized spacial score (nSPS) is 22.2. The molecule has 0 aliphatic carbocycles. The minimum Gasteiger partial charge on any atom is -0.338 e. The first-order valence-electron chi connectivity index (χ1n) is 15.5. The Kier molecular flexibility index (Phi) is 8.32. The fraction of sp³-hybridized carbons (Fsp3) is 0.471. The first-order valence-corrected chi connectivity index (χ1v) is 17.4. The summed E-state index contributed by atoms with van der Waals surface area (Å²) in [5.74, 6) is 0.745. The number of hydrogen-bond acceptors (Lipinski definition) is 7. The van der Waals surface area contributed by atoms with Gasteiger partial charge in [-0.25, -0.2) is 18.4 Å². The van der Waals surface area contributed by atoms with Crippen LogP contribution in [0.2, 0.25) is 0 Å². The second kappa shape index (κ2) is 12.0. The molecule has 3 saturated heterocycles. The van der Waals surface area contributed by atoms with E-state index >= 15 is 0 Å². The SMILES string of the molecule is Cc1ncnc(C)c1C(=O)N1CC(CN2CCC3(CC2)CCN(Cc2ccc(S(C)(=O)=O)cc2)C3=O)C(c2ccccc2)C1. The Morgan fingerprint density at radius 2 is 1.55 bits per heavy atom. The molecule has 0 saturated carbocycles. The summed E-state index contributed by atoms with van der Waals surface area (Å²) in [7, 11) is -3.25. The maximum absolute atomic E-state index is 13.7. The average Bonchev–Trinajstić information content (AvgIpc) is 3.56. The standard InChI is InChI=1S/C34H41N5O4S/c1-24-31(25(2)36-23-35-24)32(40)39-21-28(30(22-39)27-7-5-4-6-8-27)20-37-16-13-34(14-17-37)15-18-38(33(34)41)19-26-9-11-29(12-10-26)44(3,42)43/h4-12,23,28,30H,13-22H2,1-3H3. The number of carbonyl (C=O) groups excluding carboxylic acids is 2. The minimum absolute atomic E-state index is 0.00392. The van der Waals surface area contributed by atoms with E-state index in [4.69, 9.17) is 0 Å². The molecule has 3 aliphatic rings. The lowest BCUT2D eigenvalue weighted by Crippen LogP contribution is -2.46. The number of piperidine rings is 1. The van der Waals surface area contributed by atoms with E-state index in [9.17, 15) is 18.0 Å². The maximum Gasteiger partial charge on any atom is 0.257 e. The molecule has 9 nitrogen and oxygen atoms in total. The molecule has 2 aromatic carbocycles. The molecule has 3 aromatic rings. The Morgan fingerprint density at radius 3 is 2.18 bits per heavy atom. The van der Waals surface area contributed by atoms with Crippen LogP contribution in [0, 0.1) is 25.2 Å². The first-order chi connectivity index (χ1) is 21.0. The van der Waals surface area contributed by atoms with Crippen molar-refractivity contribution in [3.8, 4) is 0 Å². The second-order valence-corrected chi connectivity index (χ2v) is 14.9. The van der Waals surface area contributed by atoms with Crippen LogP contribution in [0.25, 0.3) is 0 Å². The Morgan fingerprint density at radius 1 is 0.909 bits per heavy atom. The third-order valence-corrected chi connectivity index (χ3v) is 11.2. The lowest BCUT2D eigenvalue weighted by atomic mass is 9.76. The van der Waals surface area contributed by atoms with Gasteiger partial charge in [-0.05, 0) is 75.4 Å². The molecule has 6 rings (SSSR count). The molecule has 0 N–H and O–H groups in total. The number of benzene rings is 2. The van der Waals surface area contributed by atoms with E-state index < -0.39 is 9.84 Å². The third kappa shape index (κ3) is 6.02. The van der Waals surface area contributed by atoms with Gasteiger partial charge in [-0.2, -0.15) is 0 Å². The highest BCUT2D eigenvalue weighted by Gasteiger charge is 2.48. The summed E-state index contributed by atoms with van der Waals surface area (Å²) in [6.45, 7) is 8.92. The average molecular weight is 616 g/mol. The maximum atomic E-state index is 13.7. The van der Waals surface area contributed by atoms with Crippen molar-refractivity contribution in [2.24, 2.45) is 11.3 Å². The van der Waals surface area contributed by atoms with Gasteiger partial charge in [-0.1, -0.05) is 42.5 Å². The largest absolute Gasteiger partial charge is 0.338 e. The number of rotatable bonds is 7. The van der Waals surface area contributed by atoms with E-state index in [0.717, 1.165) is 51.0 Å². The molecule has 2 amide bonds. The van der Waals surface area contributed by atoms with Crippen molar-refractivity contribution < 1.29 is 18.0 Å². The Bertz CT molecular complexity index is 1620. The highest BCUT2D eigenvalue weighted by Crippen LogP contribution is 2.43. The van der Waals surface area contributed by atoms with Crippen LogP contribution in [0.4, 0.5) is 0 Å². The lowest BCUT2D eigenvalue weighted by molar-refractivity contribution is -0.139. The van der Waals surface area contributed by atoms with Crippen LogP contribution >= 0.6 is 0 Å². The highest BCUT2D eigenvalue weighted by atomic mass is 32.2. The number of sulfone groups is 1. The molecular weight excluding hydrogens is 574 g/mol. The van der Waals surface area contributed by atoms with E-state index in [1.54, 1.807) is 12.1 Å². The number of nitrogens with zero attached hydrogens (tertiary/aromatic N) is 5. The van der Waals surface area contributed by atoms with Crippen molar-refractivity contribution in [3.05, 3.63) is 89.0 Å². The molecule has 0 radical (unpaired) electrons. The smallest absolute Gasteiger partial charge is 0.257 e. The molecule has 3 fully saturated rings. The molecule has 44 heavy (non-hydrogen) atoms. The van der Waals surface area contributed by atoms with E-state index in [0.29, 0.717) is 41.5 Å². The van der Waals surface area contributed by atoms with Crippen molar-refractivity contribution >= 4 is 21.7 Å². The minimum atomic E-state index is -3.25. The fourth-order valence-electron chi connectivity index (χ4n) is 7.43. The second-order valence-electron chi connectivity index (χ2n) is 12.9. The summed E-state index contributed by atoms with van der Waals surface area (Å²) in [5, 5.41) is 0. The third-order valence-electron chi connectivity index (χ3n) is 10.0. The van der Waals surface area contributed by atoms with Gasteiger partial charge in [0.05, 0.1) is 27.3 Å². The molecule has 0 bridgehead atoms. The zero-order valence-electron chi connectivity index (χ0n) is 25.8. The Balaban J connectivity index is 1.10. The van der Waals surface area contributed by atoms with Crippen LogP contribution in [-0.2, 0) is 21.2 Å². The van der Waals surface area contributed by atoms with Gasteiger partial charge in [0.25, 0.3) is 5.91 Å². The van der Waals surface area contributed by atoms with Crippen LogP contribution < -0.4 is 0 Å². The highest BCUT2D eigenvalue weighted by molar-refractivity contribution is 7.90. The summed E-state index contributed by atoms with van der Waals surface area (Å²) in [6.07, 6.45) is 5.24. The lowest BCUT2D eigenvalue weighted by Gasteiger charge is -2.39. The number of carbonyl (C=O) groups is 2. The number of amides is 2. The Hall–Kier alpha value is -3.63. The topological polar surface area (TPSA) is 104 Å². The zero-order chi connectivity index (χ0) is 31.1. The quantitative estimate of drug-likeness (QED) is 0.398. The summed E-state index contributed by atoms with van der Waals surface area (Å²) in [5.41, 5.74) is 3.91. The fourth-order valence-corrected chi connectivity index (χ4v) is 8.06. The number of hydrogen-bond donors (Lipinski definition) is 0. The predicted molar refractivity (Wildman–Crippen MR) is 168 cm³/mol. The number of likely N-dealkylation sites (tertiary alicyclic amines) is 3. The van der Waals surface area contributed by atoms with Gasteiger partial charge >= 0.3 is 0 Å². The van der Waals surface area contributed by atoms with Crippen molar-refractivity contribution in [1.82, 2.24) is 24.7 Å². The molecule has 1 spiro atoms. The molecule has 2 unspecified atom stereocenters. The molecule has 232 valence electrons. The monoisotopic (exact) mass is 615 g/mol. The van der Waals surface area contributed by atoms with E-state index in [-0.39, 0.29) is 29.1 Å². The molecule has 1 aromatic heterocycles. The van der Waals surface area contributed by atoms with E-state index in [2.05, 4.69) is 39.1 Å². The van der Waals surface area contributed by atoms with Crippen molar-refractivity contribution in [3.63, 3.8) is 0 Å². The van der Waals surface area contributed by atoms with Gasteiger partial charge in [0, 0.05) is 44.9 Å². The Labute approximate surface area is 260 Å². The van der Waals surface area contributed by atoms with Crippen LogP contribution in [-0.4, -0.2) is 90.4 Å². The van der Waals surface area contributed by atoms with Crippen LogP contribution in [0.1, 0.15) is 58.1 Å². The first kappa shape index (κ1) is 30.4.